The lowest BCUT2D eigenvalue weighted by Gasteiger charge is -1.99. The summed E-state index contributed by atoms with van der Waals surface area (Å²) in [6, 6.07) is 5.14. The molecule has 1 N–H and O–H groups in total. The summed E-state index contributed by atoms with van der Waals surface area (Å²) in [5, 5.41) is 3.24. The molecule has 4 heteroatoms. The molecular formula is C13H15FN2O. The summed E-state index contributed by atoms with van der Waals surface area (Å²) in [4.78, 5) is 3.79. The Hall–Kier alpha value is -1.68. The number of pyridine rings is 1. The van der Waals surface area contributed by atoms with Gasteiger partial charge in [-0.2, -0.15) is 0 Å². The molecule has 2 aromatic heterocycles. The van der Waals surface area contributed by atoms with Gasteiger partial charge in [-0.1, -0.05) is 6.92 Å². The van der Waals surface area contributed by atoms with Crippen molar-refractivity contribution in [3.63, 3.8) is 0 Å². The van der Waals surface area contributed by atoms with Crippen molar-refractivity contribution in [3.05, 3.63) is 42.2 Å². The number of aromatic nitrogens is 1. The Morgan fingerprint density at radius 1 is 1.35 bits per heavy atom. The van der Waals surface area contributed by atoms with Crippen molar-refractivity contribution in [3.8, 4) is 11.3 Å². The number of rotatable bonds is 5. The lowest BCUT2D eigenvalue weighted by Crippen LogP contribution is -2.12. The highest BCUT2D eigenvalue weighted by molar-refractivity contribution is 5.55. The van der Waals surface area contributed by atoms with E-state index in [0.717, 1.165) is 18.7 Å². The zero-order valence-corrected chi connectivity index (χ0v) is 9.74. The molecule has 0 aliphatic heterocycles. The minimum atomic E-state index is -0.357. The van der Waals surface area contributed by atoms with Gasteiger partial charge in [-0.3, -0.25) is 4.98 Å². The number of furan rings is 1. The Morgan fingerprint density at radius 3 is 3.00 bits per heavy atom. The van der Waals surface area contributed by atoms with E-state index in [4.69, 9.17) is 4.42 Å². The number of halogens is 1. The molecule has 0 fully saturated rings. The highest BCUT2D eigenvalue weighted by atomic mass is 19.1. The predicted molar refractivity (Wildman–Crippen MR) is 63.9 cm³/mol. The molecule has 0 saturated carbocycles. The van der Waals surface area contributed by atoms with Gasteiger partial charge in [0.1, 0.15) is 17.3 Å². The van der Waals surface area contributed by atoms with E-state index in [2.05, 4.69) is 17.2 Å². The van der Waals surface area contributed by atoms with Gasteiger partial charge in [-0.05, 0) is 31.2 Å². The van der Waals surface area contributed by atoms with E-state index in [1.165, 1.54) is 12.3 Å². The summed E-state index contributed by atoms with van der Waals surface area (Å²) in [6.07, 6.45) is 3.85. The zero-order chi connectivity index (χ0) is 12.1. The zero-order valence-electron chi connectivity index (χ0n) is 9.74. The van der Waals surface area contributed by atoms with Crippen molar-refractivity contribution in [2.24, 2.45) is 0 Å². The molecule has 3 nitrogen and oxygen atoms in total. The van der Waals surface area contributed by atoms with E-state index in [9.17, 15) is 4.39 Å². The van der Waals surface area contributed by atoms with Crippen molar-refractivity contribution in [1.82, 2.24) is 10.3 Å². The lowest BCUT2D eigenvalue weighted by molar-refractivity contribution is 0.493. The van der Waals surface area contributed by atoms with Crippen molar-refractivity contribution in [2.45, 2.75) is 19.9 Å². The minimum Gasteiger partial charge on any atom is -0.460 e. The van der Waals surface area contributed by atoms with Crippen LogP contribution in [0.1, 0.15) is 19.1 Å². The van der Waals surface area contributed by atoms with Crippen molar-refractivity contribution in [1.29, 1.82) is 0 Å². The Bertz CT molecular complexity index is 482. The van der Waals surface area contributed by atoms with Crippen LogP contribution in [-0.2, 0) is 6.54 Å². The summed E-state index contributed by atoms with van der Waals surface area (Å²) in [5.41, 5.74) is 0.659. The number of nitrogens with one attached hydrogen (secondary N) is 1. The average Bonchev–Trinajstić information content (AvgIpc) is 2.78. The summed E-state index contributed by atoms with van der Waals surface area (Å²) in [6.45, 7) is 3.76. The van der Waals surface area contributed by atoms with E-state index in [0.29, 0.717) is 17.9 Å². The third-order valence-electron chi connectivity index (χ3n) is 2.38. The molecule has 90 valence electrons. The fraction of sp³-hybridized carbons (Fsp3) is 0.308. The second kappa shape index (κ2) is 5.59. The van der Waals surface area contributed by atoms with Crippen LogP contribution in [0.25, 0.3) is 11.3 Å². The van der Waals surface area contributed by atoms with Gasteiger partial charge >= 0.3 is 0 Å². The molecule has 0 saturated heterocycles. The van der Waals surface area contributed by atoms with E-state index >= 15 is 0 Å². The van der Waals surface area contributed by atoms with Crippen molar-refractivity contribution < 1.29 is 8.81 Å². The number of nitrogens with zero attached hydrogens (tertiary/aromatic N) is 1. The Kier molecular flexibility index (Phi) is 3.88. The van der Waals surface area contributed by atoms with Crippen LogP contribution in [0.4, 0.5) is 4.39 Å². The molecule has 0 aliphatic rings. The van der Waals surface area contributed by atoms with E-state index < -0.39 is 0 Å². The number of hydrogen-bond donors (Lipinski definition) is 1. The summed E-state index contributed by atoms with van der Waals surface area (Å²) in [5.74, 6) is 1.13. The molecule has 0 bridgehead atoms. The molecular weight excluding hydrogens is 219 g/mol. The maximum absolute atomic E-state index is 13.0. The van der Waals surface area contributed by atoms with Gasteiger partial charge in [0.15, 0.2) is 0 Å². The normalized spacial score (nSPS) is 10.7. The van der Waals surface area contributed by atoms with E-state index in [1.807, 2.05) is 12.1 Å². The van der Waals surface area contributed by atoms with Crippen LogP contribution in [0.2, 0.25) is 0 Å². The van der Waals surface area contributed by atoms with Crippen molar-refractivity contribution in [2.75, 3.05) is 6.54 Å². The van der Waals surface area contributed by atoms with Gasteiger partial charge < -0.3 is 9.73 Å². The van der Waals surface area contributed by atoms with Crippen LogP contribution < -0.4 is 5.32 Å². The third-order valence-corrected chi connectivity index (χ3v) is 2.38. The quantitative estimate of drug-likeness (QED) is 0.808. The Balaban J connectivity index is 2.07. The molecule has 0 atom stereocenters. The minimum absolute atomic E-state index is 0.357. The van der Waals surface area contributed by atoms with Crippen LogP contribution in [0.15, 0.2) is 35.0 Å². The van der Waals surface area contributed by atoms with Crippen LogP contribution >= 0.6 is 0 Å². The maximum Gasteiger partial charge on any atom is 0.142 e. The first-order valence-electron chi connectivity index (χ1n) is 5.70. The van der Waals surface area contributed by atoms with Gasteiger partial charge in [0.05, 0.1) is 12.7 Å². The van der Waals surface area contributed by atoms with Crippen LogP contribution in [0, 0.1) is 5.82 Å². The Labute approximate surface area is 99.7 Å². The van der Waals surface area contributed by atoms with E-state index in [-0.39, 0.29) is 5.82 Å². The average molecular weight is 234 g/mol. The molecule has 0 unspecified atom stereocenters. The van der Waals surface area contributed by atoms with Crippen LogP contribution in [0.5, 0.6) is 0 Å². The fourth-order valence-electron chi connectivity index (χ4n) is 1.56. The van der Waals surface area contributed by atoms with Gasteiger partial charge in [-0.15, -0.1) is 0 Å². The Morgan fingerprint density at radius 2 is 2.24 bits per heavy atom. The molecule has 0 spiro atoms. The highest BCUT2D eigenvalue weighted by Crippen LogP contribution is 2.21. The molecule has 0 amide bonds. The third kappa shape index (κ3) is 3.14. The second-order valence-corrected chi connectivity index (χ2v) is 3.83. The van der Waals surface area contributed by atoms with Gasteiger partial charge in [0, 0.05) is 11.8 Å². The number of hydrogen-bond acceptors (Lipinski definition) is 3. The van der Waals surface area contributed by atoms with E-state index in [1.54, 1.807) is 6.20 Å². The molecule has 2 heterocycles. The smallest absolute Gasteiger partial charge is 0.142 e. The lowest BCUT2D eigenvalue weighted by atomic mass is 10.2. The molecule has 0 radical (unpaired) electrons. The predicted octanol–water partition coefficient (Wildman–Crippen LogP) is 2.98. The standard InChI is InChI=1S/C13H15FN2O/c1-2-5-15-9-12-3-4-13(17-12)10-6-11(14)8-16-7-10/h3-4,6-8,15H,2,5,9H2,1H3. The van der Waals surface area contributed by atoms with Crippen molar-refractivity contribution >= 4 is 0 Å². The fourth-order valence-corrected chi connectivity index (χ4v) is 1.56. The first-order chi connectivity index (χ1) is 8.29. The molecule has 17 heavy (non-hydrogen) atoms. The molecule has 0 aromatic carbocycles. The van der Waals surface area contributed by atoms with Gasteiger partial charge in [-0.25, -0.2) is 4.39 Å². The second-order valence-electron chi connectivity index (χ2n) is 3.83. The molecule has 2 rings (SSSR count). The SMILES string of the molecule is CCCNCc1ccc(-c2cncc(F)c2)o1. The van der Waals surface area contributed by atoms with Crippen LogP contribution in [-0.4, -0.2) is 11.5 Å². The van der Waals surface area contributed by atoms with Gasteiger partial charge in [0.25, 0.3) is 0 Å². The monoisotopic (exact) mass is 234 g/mol. The van der Waals surface area contributed by atoms with Crippen LogP contribution in [0.3, 0.4) is 0 Å². The topological polar surface area (TPSA) is 38.1 Å². The highest BCUT2D eigenvalue weighted by Gasteiger charge is 2.05. The summed E-state index contributed by atoms with van der Waals surface area (Å²) >= 11 is 0. The molecule has 0 aliphatic carbocycles. The first kappa shape index (κ1) is 11.8. The maximum atomic E-state index is 13.0. The summed E-state index contributed by atoms with van der Waals surface area (Å²) < 4.78 is 18.6. The largest absolute Gasteiger partial charge is 0.460 e. The molecule has 2 aromatic rings. The first-order valence-corrected chi connectivity index (χ1v) is 5.70. The van der Waals surface area contributed by atoms with Gasteiger partial charge in [0.2, 0.25) is 0 Å². The summed E-state index contributed by atoms with van der Waals surface area (Å²) in [7, 11) is 0.